The van der Waals surface area contributed by atoms with Crippen molar-refractivity contribution in [2.45, 2.75) is 31.7 Å². The van der Waals surface area contributed by atoms with Crippen molar-refractivity contribution in [2.24, 2.45) is 4.99 Å². The molecule has 1 fully saturated rings. The van der Waals surface area contributed by atoms with Gasteiger partial charge in [-0.1, -0.05) is 18.2 Å². The number of likely N-dealkylation sites (tertiary alicyclic amines) is 1. The minimum atomic E-state index is -0.485. The quantitative estimate of drug-likeness (QED) is 0.912. The molecule has 0 bridgehead atoms. The summed E-state index contributed by atoms with van der Waals surface area (Å²) in [4.78, 5) is 22.5. The number of benzene rings is 1. The molecule has 1 aromatic heterocycles. The average Bonchev–Trinajstić information content (AvgIpc) is 3.08. The van der Waals surface area contributed by atoms with Crippen molar-refractivity contribution in [1.82, 2.24) is 15.2 Å². The van der Waals surface area contributed by atoms with E-state index in [1.165, 1.54) is 16.5 Å². The van der Waals surface area contributed by atoms with Crippen LogP contribution < -0.4 is 5.32 Å². The lowest BCUT2D eigenvalue weighted by atomic mass is 9.88. The molecule has 5 nitrogen and oxygen atoms in total. The van der Waals surface area contributed by atoms with E-state index in [-0.39, 0.29) is 5.91 Å². The molecule has 120 valence electrons. The second-order valence-electron chi connectivity index (χ2n) is 6.63. The van der Waals surface area contributed by atoms with Crippen LogP contribution in [0, 0.1) is 0 Å². The first-order chi connectivity index (χ1) is 11.2. The van der Waals surface area contributed by atoms with E-state index >= 15 is 0 Å². The number of aromatic amines is 1. The minimum absolute atomic E-state index is 0.0891. The van der Waals surface area contributed by atoms with Gasteiger partial charge in [-0.05, 0) is 37.8 Å². The van der Waals surface area contributed by atoms with Crippen LogP contribution in [0.1, 0.15) is 25.3 Å². The van der Waals surface area contributed by atoms with E-state index in [0.717, 1.165) is 44.7 Å². The van der Waals surface area contributed by atoms with E-state index in [0.29, 0.717) is 0 Å². The predicted molar refractivity (Wildman–Crippen MR) is 91.7 cm³/mol. The van der Waals surface area contributed by atoms with Crippen LogP contribution in [-0.4, -0.2) is 46.8 Å². The monoisotopic (exact) mass is 310 g/mol. The molecule has 1 aromatic carbocycles. The van der Waals surface area contributed by atoms with E-state index in [2.05, 4.69) is 50.7 Å². The van der Waals surface area contributed by atoms with Crippen molar-refractivity contribution in [2.75, 3.05) is 19.6 Å². The zero-order chi connectivity index (χ0) is 15.9. The second kappa shape index (κ2) is 5.49. The Morgan fingerprint density at radius 2 is 2.04 bits per heavy atom. The van der Waals surface area contributed by atoms with Crippen LogP contribution in [-0.2, 0) is 11.2 Å². The third-order valence-electron chi connectivity index (χ3n) is 5.15. The normalized spacial score (nSPS) is 20.9. The minimum Gasteiger partial charge on any atom is -0.361 e. The number of aromatic nitrogens is 1. The Morgan fingerprint density at radius 3 is 2.78 bits per heavy atom. The largest absolute Gasteiger partial charge is 0.361 e. The van der Waals surface area contributed by atoms with E-state index < -0.39 is 5.54 Å². The highest BCUT2D eigenvalue weighted by molar-refractivity contribution is 6.07. The van der Waals surface area contributed by atoms with Gasteiger partial charge in [0.05, 0.1) is 0 Å². The number of amidine groups is 1. The van der Waals surface area contributed by atoms with Gasteiger partial charge >= 0.3 is 0 Å². The molecule has 3 heterocycles. The molecule has 1 amide bonds. The number of hydrogen-bond acceptors (Lipinski definition) is 3. The number of hydrogen-bond donors (Lipinski definition) is 2. The molecule has 0 radical (unpaired) electrons. The molecule has 1 spiro atoms. The Bertz CT molecular complexity index is 768. The summed E-state index contributed by atoms with van der Waals surface area (Å²) < 4.78 is 0. The first kappa shape index (κ1) is 14.5. The van der Waals surface area contributed by atoms with E-state index in [4.69, 9.17) is 0 Å². The molecule has 5 heteroatoms. The van der Waals surface area contributed by atoms with Crippen molar-refractivity contribution in [3.8, 4) is 0 Å². The van der Waals surface area contributed by atoms with E-state index in [1.807, 2.05) is 6.92 Å². The highest BCUT2D eigenvalue weighted by Crippen LogP contribution is 2.30. The zero-order valence-corrected chi connectivity index (χ0v) is 13.4. The molecule has 4 rings (SSSR count). The number of rotatable bonds is 3. The van der Waals surface area contributed by atoms with E-state index in [1.54, 1.807) is 0 Å². The number of amides is 1. The third kappa shape index (κ3) is 2.55. The van der Waals surface area contributed by atoms with Crippen molar-refractivity contribution in [3.63, 3.8) is 0 Å². The molecule has 2 aliphatic rings. The number of H-pyrrole nitrogens is 1. The van der Waals surface area contributed by atoms with Gasteiger partial charge in [-0.3, -0.25) is 9.79 Å². The lowest BCUT2D eigenvalue weighted by Crippen LogP contribution is -2.49. The molecular weight excluding hydrogens is 288 g/mol. The fraction of sp³-hybridized carbons (Fsp3) is 0.444. The smallest absolute Gasteiger partial charge is 0.253 e. The van der Waals surface area contributed by atoms with Crippen molar-refractivity contribution in [1.29, 1.82) is 0 Å². The molecule has 0 atom stereocenters. The topological polar surface area (TPSA) is 60.5 Å². The number of piperidine rings is 1. The van der Waals surface area contributed by atoms with Gasteiger partial charge in [0.1, 0.15) is 11.4 Å². The average molecular weight is 310 g/mol. The molecule has 1 saturated heterocycles. The van der Waals surface area contributed by atoms with Gasteiger partial charge in [0.2, 0.25) is 0 Å². The number of nitrogens with one attached hydrogen (secondary N) is 2. The van der Waals surface area contributed by atoms with Gasteiger partial charge < -0.3 is 15.2 Å². The number of para-hydroxylation sites is 1. The first-order valence-electron chi connectivity index (χ1n) is 8.32. The molecule has 2 N–H and O–H groups in total. The molecule has 23 heavy (non-hydrogen) atoms. The highest BCUT2D eigenvalue weighted by atomic mass is 16.2. The van der Waals surface area contributed by atoms with Crippen molar-refractivity contribution < 1.29 is 4.79 Å². The summed E-state index contributed by atoms with van der Waals surface area (Å²) in [5.74, 6) is 0.855. The second-order valence-corrected chi connectivity index (χ2v) is 6.63. The van der Waals surface area contributed by atoms with Crippen molar-refractivity contribution in [3.05, 3.63) is 36.0 Å². The maximum Gasteiger partial charge on any atom is 0.253 e. The first-order valence-corrected chi connectivity index (χ1v) is 8.32. The summed E-state index contributed by atoms with van der Waals surface area (Å²) in [5, 5.41) is 4.17. The number of nitrogens with zero attached hydrogens (tertiary/aromatic N) is 2. The zero-order valence-electron chi connectivity index (χ0n) is 13.4. The van der Waals surface area contributed by atoms with Gasteiger partial charge in [0.25, 0.3) is 5.91 Å². The number of aliphatic imine (C=N–C) groups is 1. The fourth-order valence-corrected chi connectivity index (χ4v) is 3.78. The van der Waals surface area contributed by atoms with Crippen molar-refractivity contribution >= 4 is 22.6 Å². The highest BCUT2D eigenvalue weighted by Gasteiger charge is 2.44. The summed E-state index contributed by atoms with van der Waals surface area (Å²) in [6, 6.07) is 8.43. The van der Waals surface area contributed by atoms with Crippen LogP contribution in [0.15, 0.2) is 35.5 Å². The summed E-state index contributed by atoms with van der Waals surface area (Å²) in [5.41, 5.74) is 2.09. The Morgan fingerprint density at radius 1 is 1.26 bits per heavy atom. The Hall–Kier alpha value is -2.14. The Labute approximate surface area is 135 Å². The lowest BCUT2D eigenvalue weighted by molar-refractivity contribution is -0.125. The molecule has 0 aliphatic carbocycles. The number of carbonyl (C=O) groups is 1. The number of fused-ring (bicyclic) bond motifs is 1. The predicted octanol–water partition coefficient (Wildman–Crippen LogP) is 2.09. The molecule has 0 unspecified atom stereocenters. The van der Waals surface area contributed by atoms with Gasteiger partial charge in [0.15, 0.2) is 0 Å². The standard InChI is InChI=1S/C18H22N4O/c1-13-20-17(23)18(21-13)7-10-22(11-8-18)9-6-14-12-19-16-5-3-2-4-15(14)16/h2-5,12,19H,6-11H2,1H3,(H,20,21,23). The van der Waals surface area contributed by atoms with Crippen LogP contribution in [0.2, 0.25) is 0 Å². The van der Waals surface area contributed by atoms with Gasteiger partial charge in [-0.2, -0.15) is 0 Å². The maximum atomic E-state index is 12.1. The summed E-state index contributed by atoms with van der Waals surface area (Å²) >= 11 is 0. The molecule has 2 aromatic rings. The molecule has 2 aliphatic heterocycles. The van der Waals surface area contributed by atoms with Crippen LogP contribution in [0.5, 0.6) is 0 Å². The van der Waals surface area contributed by atoms with Crippen LogP contribution in [0.4, 0.5) is 0 Å². The fourth-order valence-electron chi connectivity index (χ4n) is 3.78. The summed E-state index contributed by atoms with van der Waals surface area (Å²) in [6.07, 6.45) is 4.80. The molecular formula is C18H22N4O. The summed E-state index contributed by atoms with van der Waals surface area (Å²) in [6.45, 7) is 4.78. The maximum absolute atomic E-state index is 12.1. The Kier molecular flexibility index (Phi) is 3.45. The number of carbonyl (C=O) groups excluding carboxylic acids is 1. The summed E-state index contributed by atoms with van der Waals surface area (Å²) in [7, 11) is 0. The van der Waals surface area contributed by atoms with E-state index in [9.17, 15) is 4.79 Å². The van der Waals surface area contributed by atoms with Crippen LogP contribution in [0.25, 0.3) is 10.9 Å². The van der Waals surface area contributed by atoms with Gasteiger partial charge in [-0.25, -0.2) is 0 Å². The third-order valence-corrected chi connectivity index (χ3v) is 5.15. The molecule has 0 saturated carbocycles. The van der Waals surface area contributed by atoms with Gasteiger partial charge in [-0.15, -0.1) is 0 Å². The lowest BCUT2D eigenvalue weighted by Gasteiger charge is -2.35. The van der Waals surface area contributed by atoms with Crippen LogP contribution in [0.3, 0.4) is 0 Å². The van der Waals surface area contributed by atoms with Crippen LogP contribution >= 0.6 is 0 Å². The SMILES string of the molecule is CC1=NC2(CCN(CCc3c[nH]c4ccccc34)CC2)C(=O)N1. The van der Waals surface area contributed by atoms with Gasteiger partial charge in [0, 0.05) is 36.7 Å². The Balaban J connectivity index is 1.38.